The fraction of sp³-hybridized carbons (Fsp3) is 0.316. The van der Waals surface area contributed by atoms with E-state index in [2.05, 4.69) is 40.2 Å². The highest BCUT2D eigenvalue weighted by atomic mass is 32.1. The minimum Gasteiger partial charge on any atom is -0.396 e. The zero-order valence-corrected chi connectivity index (χ0v) is 14.4. The van der Waals surface area contributed by atoms with Crippen LogP contribution in [0, 0.1) is 5.92 Å². The van der Waals surface area contributed by atoms with Gasteiger partial charge < -0.3 is 21.1 Å². The van der Waals surface area contributed by atoms with Crippen LogP contribution < -0.4 is 16.0 Å². The monoisotopic (exact) mass is 341 g/mol. The number of benzene rings is 2. The molecule has 2 aromatic carbocycles. The topological polar surface area (TPSA) is 56.3 Å². The number of aliphatic hydroxyl groups excluding tert-OH is 1. The molecule has 3 rings (SSSR count). The molecule has 0 saturated carbocycles. The van der Waals surface area contributed by atoms with Gasteiger partial charge in [-0.1, -0.05) is 60.7 Å². The molecule has 2 atom stereocenters. The van der Waals surface area contributed by atoms with E-state index in [4.69, 9.17) is 12.2 Å². The van der Waals surface area contributed by atoms with Crippen molar-refractivity contribution in [1.29, 1.82) is 0 Å². The van der Waals surface area contributed by atoms with E-state index in [1.165, 1.54) is 5.56 Å². The number of thiocarbonyl (C=S) groups is 1. The largest absolute Gasteiger partial charge is 0.396 e. The predicted octanol–water partition coefficient (Wildman–Crippen LogP) is 1.76. The molecule has 0 amide bonds. The first-order chi connectivity index (χ1) is 11.7. The Balaban J connectivity index is 1.74. The summed E-state index contributed by atoms with van der Waals surface area (Å²) < 4.78 is 0. The maximum Gasteiger partial charge on any atom is 0.167 e. The third-order valence-electron chi connectivity index (χ3n) is 4.63. The summed E-state index contributed by atoms with van der Waals surface area (Å²) in [4.78, 5) is 0. The lowest BCUT2D eigenvalue weighted by Gasteiger charge is -2.36. The first-order valence-electron chi connectivity index (χ1n) is 8.21. The molecule has 1 fully saturated rings. The highest BCUT2D eigenvalue weighted by Crippen LogP contribution is 2.32. The second-order valence-electron chi connectivity index (χ2n) is 6.14. The summed E-state index contributed by atoms with van der Waals surface area (Å²) in [6, 6.07) is 20.4. The van der Waals surface area contributed by atoms with Crippen LogP contribution in [0.1, 0.15) is 11.1 Å². The fourth-order valence-corrected chi connectivity index (χ4v) is 3.55. The van der Waals surface area contributed by atoms with E-state index in [1.807, 2.05) is 36.4 Å². The van der Waals surface area contributed by atoms with Crippen molar-refractivity contribution in [3.63, 3.8) is 0 Å². The molecule has 4 N–H and O–H groups in total. The molecule has 1 aliphatic heterocycles. The molecule has 4 nitrogen and oxygen atoms in total. The fourth-order valence-electron chi connectivity index (χ4n) is 3.30. The van der Waals surface area contributed by atoms with Crippen molar-refractivity contribution < 1.29 is 5.11 Å². The van der Waals surface area contributed by atoms with Crippen molar-refractivity contribution in [1.82, 2.24) is 16.0 Å². The Morgan fingerprint density at radius 3 is 2.46 bits per heavy atom. The molecule has 0 aliphatic carbocycles. The molecule has 1 heterocycles. The van der Waals surface area contributed by atoms with Gasteiger partial charge in [0.1, 0.15) is 0 Å². The molecule has 0 radical (unpaired) electrons. The Labute approximate surface area is 148 Å². The molecule has 1 aliphatic rings. The van der Waals surface area contributed by atoms with Crippen molar-refractivity contribution in [3.05, 3.63) is 71.8 Å². The van der Waals surface area contributed by atoms with Crippen LogP contribution >= 0.6 is 12.2 Å². The van der Waals surface area contributed by atoms with Crippen molar-refractivity contribution in [2.75, 3.05) is 19.7 Å². The summed E-state index contributed by atoms with van der Waals surface area (Å²) in [5.41, 5.74) is 1.92. The molecular formula is C19H23N3OS. The number of nitrogens with one attached hydrogen (secondary N) is 3. The van der Waals surface area contributed by atoms with E-state index in [1.54, 1.807) is 0 Å². The van der Waals surface area contributed by atoms with Crippen LogP contribution in [-0.4, -0.2) is 29.9 Å². The second kappa shape index (κ2) is 7.75. The van der Waals surface area contributed by atoms with Crippen LogP contribution in [0.4, 0.5) is 0 Å². The molecule has 0 aromatic heterocycles. The Bertz CT molecular complexity index is 665. The normalized spacial score (nSPS) is 23.0. The molecule has 0 bridgehead atoms. The summed E-state index contributed by atoms with van der Waals surface area (Å²) in [6.07, 6.45) is 0. The lowest BCUT2D eigenvalue weighted by atomic mass is 9.81. The zero-order chi connectivity index (χ0) is 16.8. The SMILES string of the molecule is OCC1CNCC1(NC(=S)NCc1ccccc1)c1ccccc1. The van der Waals surface area contributed by atoms with Gasteiger partial charge in [0, 0.05) is 32.2 Å². The number of hydrogen-bond donors (Lipinski definition) is 4. The number of hydrogen-bond acceptors (Lipinski definition) is 3. The summed E-state index contributed by atoms with van der Waals surface area (Å²) in [6.45, 7) is 2.28. The van der Waals surface area contributed by atoms with Gasteiger partial charge in [0.25, 0.3) is 0 Å². The third kappa shape index (κ3) is 3.59. The van der Waals surface area contributed by atoms with Gasteiger partial charge in [-0.05, 0) is 23.3 Å². The summed E-state index contributed by atoms with van der Waals surface area (Å²) in [5.74, 6) is 0.0661. The van der Waals surface area contributed by atoms with Crippen LogP contribution in [-0.2, 0) is 12.1 Å². The second-order valence-corrected chi connectivity index (χ2v) is 6.55. The number of aliphatic hydroxyl groups is 1. The Kier molecular flexibility index (Phi) is 5.45. The van der Waals surface area contributed by atoms with Crippen LogP contribution in [0.15, 0.2) is 60.7 Å². The molecule has 2 aromatic rings. The maximum absolute atomic E-state index is 9.84. The van der Waals surface area contributed by atoms with Gasteiger partial charge >= 0.3 is 0 Å². The average Bonchev–Trinajstić information content (AvgIpc) is 3.05. The van der Waals surface area contributed by atoms with Gasteiger partial charge in [0.05, 0.1) is 5.54 Å². The van der Waals surface area contributed by atoms with E-state index in [0.29, 0.717) is 11.7 Å². The molecule has 24 heavy (non-hydrogen) atoms. The van der Waals surface area contributed by atoms with Crippen molar-refractivity contribution in [2.45, 2.75) is 12.1 Å². The van der Waals surface area contributed by atoms with Crippen LogP contribution in [0.5, 0.6) is 0 Å². The number of rotatable bonds is 5. The van der Waals surface area contributed by atoms with Crippen LogP contribution in [0.2, 0.25) is 0 Å². The Hall–Kier alpha value is -1.95. The Morgan fingerprint density at radius 2 is 1.79 bits per heavy atom. The molecule has 5 heteroatoms. The molecule has 2 unspecified atom stereocenters. The van der Waals surface area contributed by atoms with Gasteiger partial charge in [-0.3, -0.25) is 0 Å². The summed E-state index contributed by atoms with van der Waals surface area (Å²) in [5, 5.41) is 20.6. The molecule has 0 spiro atoms. The first kappa shape index (κ1) is 16.9. The smallest absolute Gasteiger partial charge is 0.167 e. The van der Waals surface area contributed by atoms with E-state index >= 15 is 0 Å². The van der Waals surface area contributed by atoms with Crippen LogP contribution in [0.25, 0.3) is 0 Å². The highest BCUT2D eigenvalue weighted by molar-refractivity contribution is 7.80. The predicted molar refractivity (Wildman–Crippen MR) is 101 cm³/mol. The maximum atomic E-state index is 9.84. The van der Waals surface area contributed by atoms with E-state index in [9.17, 15) is 5.11 Å². The quantitative estimate of drug-likeness (QED) is 0.625. The molecular weight excluding hydrogens is 318 g/mol. The van der Waals surface area contributed by atoms with E-state index in [-0.39, 0.29) is 12.5 Å². The summed E-state index contributed by atoms with van der Waals surface area (Å²) >= 11 is 5.53. The average molecular weight is 341 g/mol. The van der Waals surface area contributed by atoms with Crippen LogP contribution in [0.3, 0.4) is 0 Å². The minimum absolute atomic E-state index is 0.0661. The third-order valence-corrected chi connectivity index (χ3v) is 4.88. The molecule has 1 saturated heterocycles. The van der Waals surface area contributed by atoms with Gasteiger partial charge in [-0.15, -0.1) is 0 Å². The lowest BCUT2D eigenvalue weighted by Crippen LogP contribution is -2.55. The zero-order valence-electron chi connectivity index (χ0n) is 13.5. The van der Waals surface area contributed by atoms with E-state index in [0.717, 1.165) is 18.7 Å². The molecule has 126 valence electrons. The Morgan fingerprint density at radius 1 is 1.12 bits per heavy atom. The van der Waals surface area contributed by atoms with Crippen molar-refractivity contribution >= 4 is 17.3 Å². The summed E-state index contributed by atoms with van der Waals surface area (Å²) in [7, 11) is 0. The van der Waals surface area contributed by atoms with E-state index < -0.39 is 5.54 Å². The van der Waals surface area contributed by atoms with Gasteiger partial charge in [-0.25, -0.2) is 0 Å². The van der Waals surface area contributed by atoms with Gasteiger partial charge in [-0.2, -0.15) is 0 Å². The van der Waals surface area contributed by atoms with Gasteiger partial charge in [0.15, 0.2) is 5.11 Å². The first-order valence-corrected chi connectivity index (χ1v) is 8.62. The van der Waals surface area contributed by atoms with Crippen molar-refractivity contribution in [2.24, 2.45) is 5.92 Å². The van der Waals surface area contributed by atoms with Gasteiger partial charge in [0.2, 0.25) is 0 Å². The highest BCUT2D eigenvalue weighted by Gasteiger charge is 2.44. The minimum atomic E-state index is -0.392. The lowest BCUT2D eigenvalue weighted by molar-refractivity contribution is 0.175. The standard InChI is InChI=1S/C19H23N3OS/c23-13-17-12-20-14-19(17,16-9-5-2-6-10-16)22-18(24)21-11-15-7-3-1-4-8-15/h1-10,17,20,23H,11-14H2,(H2,21,22,24). The van der Waals surface area contributed by atoms with Crippen molar-refractivity contribution in [3.8, 4) is 0 Å².